The number of hydrogen-bond donors (Lipinski definition) is 0. The van der Waals surface area contributed by atoms with Gasteiger partial charge in [0.05, 0.1) is 6.61 Å². The lowest BCUT2D eigenvalue weighted by molar-refractivity contribution is -0.146. The number of aryl methyl sites for hydroxylation is 1. The maximum atomic E-state index is 13.1. The second-order valence-corrected chi connectivity index (χ2v) is 7.72. The zero-order chi connectivity index (χ0) is 22.1. The minimum atomic E-state index is -0.391. The second kappa shape index (κ2) is 11.3. The van der Waals surface area contributed by atoms with E-state index >= 15 is 0 Å². The molecule has 4 heteroatoms. The Balaban J connectivity index is 1.70. The third-order valence-electron chi connectivity index (χ3n) is 5.15. The van der Waals surface area contributed by atoms with Crippen LogP contribution in [0.2, 0.25) is 0 Å². The number of fused-ring (bicyclic) bond motifs is 1. The van der Waals surface area contributed by atoms with E-state index in [0.717, 1.165) is 34.7 Å². The molecule has 0 saturated heterocycles. The SMILES string of the molecule is CCCCc1ccc2c(C(=O)Cc3cccc(OCC(=O)OCCC)c3)cccc2c1. The summed E-state index contributed by atoms with van der Waals surface area (Å²) in [5.41, 5.74) is 2.89. The van der Waals surface area contributed by atoms with Gasteiger partial charge in [0, 0.05) is 12.0 Å². The van der Waals surface area contributed by atoms with Crippen molar-refractivity contribution in [3.05, 3.63) is 77.4 Å². The largest absolute Gasteiger partial charge is 0.482 e. The molecule has 0 amide bonds. The number of carbonyl (C=O) groups excluding carboxylic acids is 2. The van der Waals surface area contributed by atoms with Crippen molar-refractivity contribution in [1.29, 1.82) is 0 Å². The standard InChI is InChI=1S/C27H30O4/c1-3-5-8-20-13-14-24-22(16-20)10-7-12-25(24)26(28)18-21-9-6-11-23(17-21)31-19-27(29)30-15-4-2/h6-7,9-14,16-17H,3-5,8,15,18-19H2,1-2H3. The molecule has 4 nitrogen and oxygen atoms in total. The molecule has 162 valence electrons. The van der Waals surface area contributed by atoms with E-state index in [1.165, 1.54) is 18.4 Å². The second-order valence-electron chi connectivity index (χ2n) is 7.72. The molecular formula is C27H30O4. The molecule has 0 heterocycles. The molecule has 0 spiro atoms. The Morgan fingerprint density at radius 2 is 1.71 bits per heavy atom. The maximum absolute atomic E-state index is 13.1. The summed E-state index contributed by atoms with van der Waals surface area (Å²) >= 11 is 0. The van der Waals surface area contributed by atoms with E-state index in [9.17, 15) is 9.59 Å². The van der Waals surface area contributed by atoms with Gasteiger partial charge in [0.15, 0.2) is 12.4 Å². The Morgan fingerprint density at radius 1 is 0.871 bits per heavy atom. The first kappa shape index (κ1) is 22.5. The maximum Gasteiger partial charge on any atom is 0.344 e. The van der Waals surface area contributed by atoms with Crippen molar-refractivity contribution < 1.29 is 19.1 Å². The summed E-state index contributed by atoms with van der Waals surface area (Å²) in [5, 5.41) is 2.08. The highest BCUT2D eigenvalue weighted by Gasteiger charge is 2.12. The number of unbranched alkanes of at least 4 members (excludes halogenated alkanes) is 1. The van der Waals surface area contributed by atoms with Crippen LogP contribution in [0.15, 0.2) is 60.7 Å². The van der Waals surface area contributed by atoms with Crippen molar-refractivity contribution in [1.82, 2.24) is 0 Å². The van der Waals surface area contributed by atoms with E-state index in [1.807, 2.05) is 31.2 Å². The normalized spacial score (nSPS) is 10.8. The molecule has 0 N–H and O–H groups in total. The summed E-state index contributed by atoms with van der Waals surface area (Å²) in [7, 11) is 0. The van der Waals surface area contributed by atoms with Gasteiger partial charge in [-0.2, -0.15) is 0 Å². The van der Waals surface area contributed by atoms with Gasteiger partial charge in [-0.3, -0.25) is 4.79 Å². The molecule has 0 bridgehead atoms. The number of rotatable bonds is 11. The molecule has 31 heavy (non-hydrogen) atoms. The van der Waals surface area contributed by atoms with Crippen molar-refractivity contribution in [2.24, 2.45) is 0 Å². The lowest BCUT2D eigenvalue weighted by atomic mass is 9.95. The number of hydrogen-bond acceptors (Lipinski definition) is 4. The summed E-state index contributed by atoms with van der Waals surface area (Å²) in [6.07, 6.45) is 4.44. The van der Waals surface area contributed by atoms with Crippen molar-refractivity contribution in [2.45, 2.75) is 46.0 Å². The van der Waals surface area contributed by atoms with Gasteiger partial charge < -0.3 is 9.47 Å². The van der Waals surface area contributed by atoms with Crippen LogP contribution in [0.5, 0.6) is 5.75 Å². The lowest BCUT2D eigenvalue weighted by Crippen LogP contribution is -2.15. The average Bonchev–Trinajstić information content (AvgIpc) is 2.79. The van der Waals surface area contributed by atoms with Gasteiger partial charge in [-0.15, -0.1) is 0 Å². The minimum Gasteiger partial charge on any atom is -0.482 e. The quantitative estimate of drug-likeness (QED) is 0.286. The van der Waals surface area contributed by atoms with Gasteiger partial charge in [-0.25, -0.2) is 4.79 Å². The summed E-state index contributed by atoms with van der Waals surface area (Å²) in [6, 6.07) is 19.6. The van der Waals surface area contributed by atoms with Crippen LogP contribution in [0, 0.1) is 0 Å². The zero-order valence-corrected chi connectivity index (χ0v) is 18.4. The number of esters is 1. The Morgan fingerprint density at radius 3 is 2.52 bits per heavy atom. The van der Waals surface area contributed by atoms with Gasteiger partial charge >= 0.3 is 5.97 Å². The van der Waals surface area contributed by atoms with E-state index in [2.05, 4.69) is 31.2 Å². The van der Waals surface area contributed by atoms with E-state index in [4.69, 9.17) is 9.47 Å². The Hall–Kier alpha value is -3.14. The summed E-state index contributed by atoms with van der Waals surface area (Å²) in [6.45, 7) is 4.38. The first-order chi connectivity index (χ1) is 15.1. The Bertz CT molecular complexity index is 1040. The predicted molar refractivity (Wildman–Crippen MR) is 124 cm³/mol. The summed E-state index contributed by atoms with van der Waals surface area (Å²) < 4.78 is 10.5. The van der Waals surface area contributed by atoms with Gasteiger partial charge in [-0.1, -0.05) is 68.8 Å². The van der Waals surface area contributed by atoms with Crippen LogP contribution >= 0.6 is 0 Å². The van der Waals surface area contributed by atoms with Crippen LogP contribution in [-0.4, -0.2) is 25.0 Å². The minimum absolute atomic E-state index is 0.0615. The van der Waals surface area contributed by atoms with Crippen LogP contribution in [-0.2, 0) is 22.4 Å². The fraction of sp³-hybridized carbons (Fsp3) is 0.333. The zero-order valence-electron chi connectivity index (χ0n) is 18.4. The van der Waals surface area contributed by atoms with Crippen LogP contribution in [0.3, 0.4) is 0 Å². The van der Waals surface area contributed by atoms with Crippen LogP contribution in [0.25, 0.3) is 10.8 Å². The molecule has 0 aliphatic rings. The van der Waals surface area contributed by atoms with Crippen LogP contribution < -0.4 is 4.74 Å². The van der Waals surface area contributed by atoms with E-state index < -0.39 is 5.97 Å². The number of ether oxygens (including phenoxy) is 2. The first-order valence-electron chi connectivity index (χ1n) is 11.0. The molecule has 0 atom stereocenters. The van der Waals surface area contributed by atoms with Gasteiger partial charge in [0.1, 0.15) is 5.75 Å². The Labute approximate surface area is 184 Å². The number of Topliss-reactive ketones (excluding diaryl/α,β-unsaturated/α-hetero) is 1. The van der Waals surface area contributed by atoms with Gasteiger partial charge in [0.2, 0.25) is 0 Å². The van der Waals surface area contributed by atoms with E-state index in [-0.39, 0.29) is 18.8 Å². The molecule has 0 aliphatic heterocycles. The van der Waals surface area contributed by atoms with Crippen molar-refractivity contribution in [2.75, 3.05) is 13.2 Å². The molecule has 0 radical (unpaired) electrons. The van der Waals surface area contributed by atoms with Crippen molar-refractivity contribution >= 4 is 22.5 Å². The monoisotopic (exact) mass is 418 g/mol. The third-order valence-corrected chi connectivity index (χ3v) is 5.15. The molecule has 0 saturated carbocycles. The smallest absolute Gasteiger partial charge is 0.344 e. The van der Waals surface area contributed by atoms with Crippen molar-refractivity contribution in [3.63, 3.8) is 0 Å². The molecule has 0 unspecified atom stereocenters. The molecular weight excluding hydrogens is 388 g/mol. The molecule has 3 rings (SSSR count). The number of carbonyl (C=O) groups is 2. The highest BCUT2D eigenvalue weighted by molar-refractivity contribution is 6.09. The van der Waals surface area contributed by atoms with Crippen molar-refractivity contribution in [3.8, 4) is 5.75 Å². The highest BCUT2D eigenvalue weighted by atomic mass is 16.6. The lowest BCUT2D eigenvalue weighted by Gasteiger charge is -2.10. The first-order valence-corrected chi connectivity index (χ1v) is 11.0. The third kappa shape index (κ3) is 6.42. The number of benzene rings is 3. The summed E-state index contributed by atoms with van der Waals surface area (Å²) in [5.74, 6) is 0.223. The molecule has 3 aromatic rings. The topological polar surface area (TPSA) is 52.6 Å². The average molecular weight is 419 g/mol. The van der Waals surface area contributed by atoms with Gasteiger partial charge in [-0.05, 0) is 53.3 Å². The predicted octanol–water partition coefficient (Wildman–Crippen LogP) is 5.94. The number of ketones is 1. The summed E-state index contributed by atoms with van der Waals surface area (Å²) in [4.78, 5) is 24.7. The molecule has 0 aliphatic carbocycles. The fourth-order valence-corrected chi connectivity index (χ4v) is 3.54. The molecule has 0 fully saturated rings. The van der Waals surface area contributed by atoms with Crippen LogP contribution in [0.4, 0.5) is 0 Å². The Kier molecular flexibility index (Phi) is 8.22. The van der Waals surface area contributed by atoms with Gasteiger partial charge in [0.25, 0.3) is 0 Å². The molecule has 0 aromatic heterocycles. The van der Waals surface area contributed by atoms with E-state index in [0.29, 0.717) is 12.4 Å². The highest BCUT2D eigenvalue weighted by Crippen LogP contribution is 2.23. The fourth-order valence-electron chi connectivity index (χ4n) is 3.54. The van der Waals surface area contributed by atoms with Crippen LogP contribution in [0.1, 0.15) is 54.6 Å². The molecule has 3 aromatic carbocycles. The van der Waals surface area contributed by atoms with E-state index in [1.54, 1.807) is 12.1 Å².